The molecule has 2 atom stereocenters. The second kappa shape index (κ2) is 5.29. The number of aliphatic hydroxyl groups is 1. The number of carbonyl (C=O) groups excluding carboxylic acids is 1. The summed E-state index contributed by atoms with van der Waals surface area (Å²) in [5, 5.41) is 11.3. The molecule has 0 spiro atoms. The first-order valence-corrected chi connectivity index (χ1v) is 7.08. The summed E-state index contributed by atoms with van der Waals surface area (Å²) in [6, 6.07) is 5.52. The highest BCUT2D eigenvalue weighted by molar-refractivity contribution is 5.95. The van der Waals surface area contributed by atoms with E-state index in [2.05, 4.69) is 4.98 Å². The molecule has 0 aliphatic heterocycles. The molecule has 20 heavy (non-hydrogen) atoms. The van der Waals surface area contributed by atoms with Crippen molar-refractivity contribution in [3.63, 3.8) is 0 Å². The summed E-state index contributed by atoms with van der Waals surface area (Å²) in [6.45, 7) is 0. The first-order chi connectivity index (χ1) is 9.70. The maximum atomic E-state index is 11.5. The number of nitrogens with one attached hydrogen (secondary N) is 1. The van der Waals surface area contributed by atoms with Crippen molar-refractivity contribution in [3.05, 3.63) is 35.5 Å². The van der Waals surface area contributed by atoms with Gasteiger partial charge >= 0.3 is 5.97 Å². The number of aromatic amines is 1. The highest BCUT2D eigenvalue weighted by Crippen LogP contribution is 2.36. The highest BCUT2D eigenvalue weighted by atomic mass is 16.5. The third-order valence-electron chi connectivity index (χ3n) is 4.26. The van der Waals surface area contributed by atoms with E-state index in [1.54, 1.807) is 12.1 Å². The maximum absolute atomic E-state index is 11.5. The second-order valence-corrected chi connectivity index (χ2v) is 5.45. The molecule has 0 amide bonds. The average molecular weight is 273 g/mol. The summed E-state index contributed by atoms with van der Waals surface area (Å²) in [7, 11) is 1.38. The van der Waals surface area contributed by atoms with E-state index in [-0.39, 0.29) is 18.0 Å². The van der Waals surface area contributed by atoms with Crippen LogP contribution in [0.2, 0.25) is 0 Å². The molecule has 4 nitrogen and oxygen atoms in total. The van der Waals surface area contributed by atoms with Gasteiger partial charge in [0.05, 0.1) is 18.8 Å². The number of rotatable bonds is 2. The zero-order valence-corrected chi connectivity index (χ0v) is 11.6. The van der Waals surface area contributed by atoms with Gasteiger partial charge in [-0.25, -0.2) is 4.79 Å². The standard InChI is InChI=1S/C16H19NO3/c1-20-16(19)10-6-7-11-13(9-17-14(11)8-10)12-4-2-3-5-15(12)18/h6-9,12,15,17-18H,2-5H2,1H3/t12-,15+/m0/s1. The Bertz CT molecular complexity index is 632. The van der Waals surface area contributed by atoms with Gasteiger partial charge in [-0.1, -0.05) is 18.9 Å². The van der Waals surface area contributed by atoms with Crippen molar-refractivity contribution in [1.29, 1.82) is 0 Å². The van der Waals surface area contributed by atoms with Crippen LogP contribution in [-0.2, 0) is 4.74 Å². The van der Waals surface area contributed by atoms with Crippen LogP contribution in [0, 0.1) is 0 Å². The van der Waals surface area contributed by atoms with Gasteiger partial charge in [0, 0.05) is 23.0 Å². The van der Waals surface area contributed by atoms with E-state index in [9.17, 15) is 9.90 Å². The molecule has 0 bridgehead atoms. The summed E-state index contributed by atoms with van der Waals surface area (Å²) in [5.41, 5.74) is 2.61. The fraction of sp³-hybridized carbons (Fsp3) is 0.438. The van der Waals surface area contributed by atoms with Crippen LogP contribution in [0.3, 0.4) is 0 Å². The normalized spacial score (nSPS) is 22.9. The second-order valence-electron chi connectivity index (χ2n) is 5.45. The molecule has 4 heteroatoms. The number of esters is 1. The lowest BCUT2D eigenvalue weighted by Crippen LogP contribution is -2.22. The number of H-pyrrole nitrogens is 1. The minimum absolute atomic E-state index is 0.196. The lowest BCUT2D eigenvalue weighted by Gasteiger charge is -2.27. The van der Waals surface area contributed by atoms with Crippen LogP contribution in [0.1, 0.15) is 47.5 Å². The van der Waals surface area contributed by atoms with Crippen LogP contribution in [0.15, 0.2) is 24.4 Å². The number of carbonyl (C=O) groups is 1. The topological polar surface area (TPSA) is 62.3 Å². The van der Waals surface area contributed by atoms with Gasteiger partial charge in [0.2, 0.25) is 0 Å². The number of ether oxygens (including phenoxy) is 1. The van der Waals surface area contributed by atoms with Gasteiger partial charge in [0.15, 0.2) is 0 Å². The molecule has 1 aromatic carbocycles. The molecule has 106 valence electrons. The van der Waals surface area contributed by atoms with Gasteiger partial charge < -0.3 is 14.8 Å². The lowest BCUT2D eigenvalue weighted by atomic mass is 9.81. The largest absolute Gasteiger partial charge is 0.465 e. The van der Waals surface area contributed by atoms with E-state index >= 15 is 0 Å². The molecule has 1 aliphatic carbocycles. The van der Waals surface area contributed by atoms with Gasteiger partial charge in [-0.15, -0.1) is 0 Å². The number of fused-ring (bicyclic) bond motifs is 1. The van der Waals surface area contributed by atoms with Crippen LogP contribution in [0.25, 0.3) is 10.9 Å². The minimum atomic E-state index is -0.333. The summed E-state index contributed by atoms with van der Waals surface area (Å²) >= 11 is 0. The fourth-order valence-corrected chi connectivity index (χ4v) is 3.17. The molecule has 1 heterocycles. The third kappa shape index (κ3) is 2.20. The first-order valence-electron chi connectivity index (χ1n) is 7.08. The van der Waals surface area contributed by atoms with E-state index < -0.39 is 0 Å². The van der Waals surface area contributed by atoms with Crippen LogP contribution in [-0.4, -0.2) is 29.3 Å². The van der Waals surface area contributed by atoms with Crippen molar-refractivity contribution < 1.29 is 14.6 Å². The molecule has 0 saturated heterocycles. The number of benzene rings is 1. The van der Waals surface area contributed by atoms with E-state index in [4.69, 9.17) is 4.74 Å². The van der Waals surface area contributed by atoms with Crippen molar-refractivity contribution in [2.24, 2.45) is 0 Å². The van der Waals surface area contributed by atoms with Crippen molar-refractivity contribution in [2.75, 3.05) is 7.11 Å². The summed E-state index contributed by atoms with van der Waals surface area (Å²) in [5.74, 6) is -0.137. The van der Waals surface area contributed by atoms with E-state index in [0.717, 1.165) is 42.1 Å². The number of methoxy groups -OCH3 is 1. The number of aliphatic hydroxyl groups excluding tert-OH is 1. The smallest absolute Gasteiger partial charge is 0.337 e. The van der Waals surface area contributed by atoms with E-state index in [1.165, 1.54) is 7.11 Å². The third-order valence-corrected chi connectivity index (χ3v) is 4.26. The van der Waals surface area contributed by atoms with E-state index in [0.29, 0.717) is 5.56 Å². The Hall–Kier alpha value is -1.81. The Kier molecular flexibility index (Phi) is 3.49. The van der Waals surface area contributed by atoms with Crippen molar-refractivity contribution in [3.8, 4) is 0 Å². The van der Waals surface area contributed by atoms with Crippen LogP contribution in [0.4, 0.5) is 0 Å². The number of hydrogen-bond donors (Lipinski definition) is 2. The van der Waals surface area contributed by atoms with Gasteiger partial charge in [-0.05, 0) is 30.5 Å². The molecule has 1 fully saturated rings. The van der Waals surface area contributed by atoms with Crippen LogP contribution >= 0.6 is 0 Å². The first kappa shape index (κ1) is 13.2. The summed E-state index contributed by atoms with van der Waals surface area (Å²) in [4.78, 5) is 14.7. The van der Waals surface area contributed by atoms with E-state index in [1.807, 2.05) is 12.3 Å². The monoisotopic (exact) mass is 273 g/mol. The quantitative estimate of drug-likeness (QED) is 0.827. The van der Waals surface area contributed by atoms with Gasteiger partial charge in [0.25, 0.3) is 0 Å². The van der Waals surface area contributed by atoms with Crippen molar-refractivity contribution >= 4 is 16.9 Å². The molecule has 0 radical (unpaired) electrons. The van der Waals surface area contributed by atoms with Crippen molar-refractivity contribution in [1.82, 2.24) is 4.98 Å². The zero-order chi connectivity index (χ0) is 14.1. The Labute approximate surface area is 117 Å². The molecule has 2 aromatic rings. The number of hydrogen-bond acceptors (Lipinski definition) is 3. The Morgan fingerprint density at radius 3 is 2.90 bits per heavy atom. The molecular formula is C16H19NO3. The maximum Gasteiger partial charge on any atom is 0.337 e. The zero-order valence-electron chi connectivity index (χ0n) is 11.6. The minimum Gasteiger partial charge on any atom is -0.465 e. The Morgan fingerprint density at radius 1 is 1.35 bits per heavy atom. The predicted octanol–water partition coefficient (Wildman–Crippen LogP) is 2.97. The van der Waals surface area contributed by atoms with Crippen LogP contribution in [0.5, 0.6) is 0 Å². The van der Waals surface area contributed by atoms with Gasteiger partial charge in [-0.2, -0.15) is 0 Å². The Balaban J connectivity index is 1.99. The van der Waals surface area contributed by atoms with Gasteiger partial charge in [0.1, 0.15) is 0 Å². The van der Waals surface area contributed by atoms with Crippen molar-refractivity contribution in [2.45, 2.75) is 37.7 Å². The molecule has 2 N–H and O–H groups in total. The lowest BCUT2D eigenvalue weighted by molar-refractivity contribution is 0.0601. The number of aromatic nitrogens is 1. The van der Waals surface area contributed by atoms with Crippen LogP contribution < -0.4 is 0 Å². The molecule has 1 aromatic heterocycles. The Morgan fingerprint density at radius 2 is 2.15 bits per heavy atom. The fourth-order valence-electron chi connectivity index (χ4n) is 3.17. The molecule has 3 rings (SSSR count). The van der Waals surface area contributed by atoms with Gasteiger partial charge in [-0.3, -0.25) is 0 Å². The average Bonchev–Trinajstić information content (AvgIpc) is 2.90. The summed E-state index contributed by atoms with van der Waals surface area (Å²) in [6.07, 6.45) is 5.86. The molecule has 1 saturated carbocycles. The highest BCUT2D eigenvalue weighted by Gasteiger charge is 2.26. The summed E-state index contributed by atoms with van der Waals surface area (Å²) < 4.78 is 4.73. The molecule has 0 unspecified atom stereocenters. The predicted molar refractivity (Wildman–Crippen MR) is 76.9 cm³/mol. The molecular weight excluding hydrogens is 254 g/mol. The molecule has 1 aliphatic rings. The SMILES string of the molecule is COC(=O)c1ccc2c([C@@H]3CCCC[C@H]3O)c[nH]c2c1.